The van der Waals surface area contributed by atoms with E-state index in [0.717, 1.165) is 12.5 Å². The minimum absolute atomic E-state index is 0.222. The van der Waals surface area contributed by atoms with E-state index in [9.17, 15) is 17.2 Å². The molecule has 0 atom stereocenters. The summed E-state index contributed by atoms with van der Waals surface area (Å²) in [4.78, 5) is -0.592. The maximum Gasteiger partial charge on any atom is 0.246 e. The molecule has 4 nitrogen and oxygen atoms in total. The monoisotopic (exact) mass is 320 g/mol. The molecule has 1 aromatic carbocycles. The van der Waals surface area contributed by atoms with Gasteiger partial charge in [-0.2, -0.15) is 4.31 Å². The predicted octanol–water partition coefficient (Wildman–Crippen LogP) is 2.49. The summed E-state index contributed by atoms with van der Waals surface area (Å²) in [6.45, 7) is 4.40. The van der Waals surface area contributed by atoms with Crippen LogP contribution in [0.5, 0.6) is 0 Å². The van der Waals surface area contributed by atoms with Crippen LogP contribution in [0.25, 0.3) is 0 Å². The lowest BCUT2D eigenvalue weighted by Gasteiger charge is -2.21. The van der Waals surface area contributed by atoms with E-state index in [1.807, 2.05) is 6.92 Å². The molecule has 1 N–H and O–H groups in total. The summed E-state index contributed by atoms with van der Waals surface area (Å²) < 4.78 is 53.7. The van der Waals surface area contributed by atoms with Crippen molar-refractivity contribution in [1.29, 1.82) is 0 Å². The highest BCUT2D eigenvalue weighted by atomic mass is 32.2. The topological polar surface area (TPSA) is 49.4 Å². The van der Waals surface area contributed by atoms with Crippen LogP contribution in [-0.2, 0) is 16.6 Å². The molecular formula is C14H22F2N2O2S. The molecule has 1 aromatic rings. The van der Waals surface area contributed by atoms with Crippen molar-refractivity contribution in [2.24, 2.45) is 0 Å². The van der Waals surface area contributed by atoms with Gasteiger partial charge in [-0.25, -0.2) is 17.2 Å². The Balaban J connectivity index is 3.28. The number of sulfonamides is 1. The Bertz CT molecular complexity index is 577. The van der Waals surface area contributed by atoms with Gasteiger partial charge in [0, 0.05) is 19.6 Å². The fraction of sp³-hybridized carbons (Fsp3) is 0.571. The van der Waals surface area contributed by atoms with Gasteiger partial charge in [0.05, 0.1) is 0 Å². The maximum atomic E-state index is 13.9. The zero-order valence-corrected chi connectivity index (χ0v) is 13.4. The molecule has 120 valence electrons. The largest absolute Gasteiger partial charge is 0.316 e. The van der Waals surface area contributed by atoms with E-state index < -0.39 is 26.6 Å². The highest BCUT2D eigenvalue weighted by Crippen LogP contribution is 2.23. The summed E-state index contributed by atoms with van der Waals surface area (Å²) in [7, 11) is -2.38. The average molecular weight is 320 g/mol. The predicted molar refractivity (Wildman–Crippen MR) is 78.5 cm³/mol. The molecule has 7 heteroatoms. The van der Waals surface area contributed by atoms with Crippen molar-refractivity contribution < 1.29 is 17.2 Å². The van der Waals surface area contributed by atoms with E-state index in [-0.39, 0.29) is 13.1 Å². The van der Waals surface area contributed by atoms with Gasteiger partial charge in [0.15, 0.2) is 11.6 Å². The molecule has 0 fully saturated rings. The third-order valence-electron chi connectivity index (χ3n) is 3.17. The number of nitrogens with one attached hydrogen (secondary N) is 1. The van der Waals surface area contributed by atoms with Crippen LogP contribution in [0, 0.1) is 11.6 Å². The fourth-order valence-electron chi connectivity index (χ4n) is 2.03. The Morgan fingerprint density at radius 1 is 1.24 bits per heavy atom. The lowest BCUT2D eigenvalue weighted by Crippen LogP contribution is -2.32. The first-order valence-electron chi connectivity index (χ1n) is 7.01. The van der Waals surface area contributed by atoms with E-state index in [1.54, 1.807) is 14.0 Å². The van der Waals surface area contributed by atoms with E-state index in [4.69, 9.17) is 0 Å². The number of nitrogens with zero attached hydrogens (tertiary/aromatic N) is 1. The first-order valence-corrected chi connectivity index (χ1v) is 8.45. The zero-order chi connectivity index (χ0) is 16.0. The minimum Gasteiger partial charge on any atom is -0.316 e. The molecule has 1 rings (SSSR count). The Morgan fingerprint density at radius 2 is 1.90 bits per heavy atom. The maximum absolute atomic E-state index is 13.9. The molecule has 0 amide bonds. The lowest BCUT2D eigenvalue weighted by atomic mass is 10.2. The normalized spacial score (nSPS) is 12.1. The van der Waals surface area contributed by atoms with Crippen molar-refractivity contribution in [3.8, 4) is 0 Å². The van der Waals surface area contributed by atoms with Crippen LogP contribution < -0.4 is 5.32 Å². The van der Waals surface area contributed by atoms with Gasteiger partial charge < -0.3 is 5.32 Å². The molecule has 0 aliphatic rings. The van der Waals surface area contributed by atoms with Crippen LogP contribution in [0.1, 0.15) is 32.3 Å². The molecular weight excluding hydrogens is 298 g/mol. The Kier molecular flexibility index (Phi) is 6.70. The van der Waals surface area contributed by atoms with Crippen LogP contribution in [0.15, 0.2) is 17.0 Å². The van der Waals surface area contributed by atoms with Crippen molar-refractivity contribution in [2.75, 3.05) is 20.1 Å². The van der Waals surface area contributed by atoms with E-state index in [2.05, 4.69) is 5.32 Å². The van der Waals surface area contributed by atoms with Crippen LogP contribution in [-0.4, -0.2) is 32.9 Å². The van der Waals surface area contributed by atoms with Crippen LogP contribution in [0.2, 0.25) is 0 Å². The second-order valence-electron chi connectivity index (χ2n) is 4.77. The number of unbranched alkanes of at least 4 members (excludes halogenated alkanes) is 1. The van der Waals surface area contributed by atoms with Gasteiger partial charge in [-0.1, -0.05) is 20.3 Å². The molecule has 0 aliphatic carbocycles. The van der Waals surface area contributed by atoms with E-state index in [1.165, 1.54) is 10.4 Å². The molecule has 0 radical (unpaired) electrons. The molecule has 0 heterocycles. The molecule has 0 aromatic heterocycles. The van der Waals surface area contributed by atoms with Crippen molar-refractivity contribution in [1.82, 2.24) is 9.62 Å². The molecule has 0 saturated carbocycles. The minimum atomic E-state index is -4.03. The molecule has 21 heavy (non-hydrogen) atoms. The average Bonchev–Trinajstić information content (AvgIpc) is 2.43. The summed E-state index contributed by atoms with van der Waals surface area (Å²) in [5.74, 6) is -2.46. The molecule has 0 aliphatic heterocycles. The number of hydrogen-bond acceptors (Lipinski definition) is 3. The Morgan fingerprint density at radius 3 is 2.43 bits per heavy atom. The van der Waals surface area contributed by atoms with Crippen LogP contribution >= 0.6 is 0 Å². The van der Waals surface area contributed by atoms with Gasteiger partial charge in [-0.3, -0.25) is 0 Å². The van der Waals surface area contributed by atoms with Gasteiger partial charge in [-0.05, 0) is 31.2 Å². The number of hydrogen-bond donors (Lipinski definition) is 1. The summed E-state index contributed by atoms with van der Waals surface area (Å²) in [5, 5.41) is 2.79. The van der Waals surface area contributed by atoms with E-state index in [0.29, 0.717) is 18.5 Å². The standard InChI is InChI=1S/C14H22F2N2O2S/c1-4-6-7-18(5-2)21(19,20)13-9-11(10-17-3)8-12(15)14(13)16/h8-9,17H,4-7,10H2,1-3H3. The highest BCUT2D eigenvalue weighted by Gasteiger charge is 2.28. The van der Waals surface area contributed by atoms with Crippen LogP contribution in [0.3, 0.4) is 0 Å². The van der Waals surface area contributed by atoms with Crippen LogP contribution in [0.4, 0.5) is 8.78 Å². The van der Waals surface area contributed by atoms with Gasteiger partial charge in [0.1, 0.15) is 4.90 Å². The number of halogens is 2. The first-order chi connectivity index (χ1) is 9.88. The van der Waals surface area contributed by atoms with Gasteiger partial charge in [-0.15, -0.1) is 0 Å². The summed E-state index contributed by atoms with van der Waals surface area (Å²) >= 11 is 0. The van der Waals surface area contributed by atoms with Crippen molar-refractivity contribution in [3.63, 3.8) is 0 Å². The first kappa shape index (κ1) is 18.0. The SMILES string of the molecule is CCCCN(CC)S(=O)(=O)c1cc(CNC)cc(F)c1F. The fourth-order valence-corrected chi connectivity index (χ4v) is 3.64. The Labute approximate surface area is 125 Å². The van der Waals surface area contributed by atoms with Crippen molar-refractivity contribution in [2.45, 2.75) is 38.1 Å². The molecule has 0 saturated heterocycles. The Hall–Kier alpha value is -1.05. The highest BCUT2D eigenvalue weighted by molar-refractivity contribution is 7.89. The zero-order valence-electron chi connectivity index (χ0n) is 12.6. The third kappa shape index (κ3) is 4.21. The molecule has 0 unspecified atom stereocenters. The van der Waals surface area contributed by atoms with Crippen molar-refractivity contribution >= 4 is 10.0 Å². The molecule has 0 spiro atoms. The third-order valence-corrected chi connectivity index (χ3v) is 5.14. The summed E-state index contributed by atoms with van der Waals surface area (Å²) in [5.41, 5.74) is 0.390. The smallest absolute Gasteiger partial charge is 0.246 e. The van der Waals surface area contributed by atoms with Crippen molar-refractivity contribution in [3.05, 3.63) is 29.3 Å². The lowest BCUT2D eigenvalue weighted by molar-refractivity contribution is 0.410. The number of benzene rings is 1. The number of rotatable bonds is 8. The van der Waals surface area contributed by atoms with Gasteiger partial charge in [0.25, 0.3) is 0 Å². The quantitative estimate of drug-likeness (QED) is 0.800. The second-order valence-corrected chi connectivity index (χ2v) is 6.68. The van der Waals surface area contributed by atoms with Gasteiger partial charge in [0.2, 0.25) is 10.0 Å². The molecule has 0 bridgehead atoms. The summed E-state index contributed by atoms with van der Waals surface area (Å²) in [6, 6.07) is 2.20. The van der Waals surface area contributed by atoms with E-state index >= 15 is 0 Å². The van der Waals surface area contributed by atoms with Gasteiger partial charge >= 0.3 is 0 Å². The summed E-state index contributed by atoms with van der Waals surface area (Å²) in [6.07, 6.45) is 1.50. The second kappa shape index (κ2) is 7.82.